The van der Waals surface area contributed by atoms with Crippen LogP contribution >= 0.6 is 15.9 Å². The number of rotatable bonds is 2. The fourth-order valence-electron chi connectivity index (χ4n) is 2.63. The molecular formula is C17H12BrN3O2. The van der Waals surface area contributed by atoms with E-state index in [0.29, 0.717) is 16.9 Å². The molecule has 0 saturated heterocycles. The quantitative estimate of drug-likeness (QED) is 0.587. The molecule has 0 saturated carbocycles. The molecule has 0 atom stereocenters. The Morgan fingerprint density at radius 3 is 2.70 bits per heavy atom. The Labute approximate surface area is 140 Å². The summed E-state index contributed by atoms with van der Waals surface area (Å²) in [6.45, 7) is 0. The number of fused-ring (bicyclic) bond motifs is 3. The molecule has 0 spiro atoms. The summed E-state index contributed by atoms with van der Waals surface area (Å²) in [6, 6.07) is 13.1. The first kappa shape index (κ1) is 14.0. The Hall–Kier alpha value is -2.60. The molecule has 2 aliphatic rings. The highest BCUT2D eigenvalue weighted by molar-refractivity contribution is 9.10. The maximum absolute atomic E-state index is 12.6. The van der Waals surface area contributed by atoms with E-state index in [1.165, 1.54) is 4.68 Å². The second kappa shape index (κ2) is 5.24. The van der Waals surface area contributed by atoms with Crippen LogP contribution in [0.5, 0.6) is 5.75 Å². The van der Waals surface area contributed by atoms with Gasteiger partial charge in [0.2, 0.25) is 0 Å². The molecule has 0 radical (unpaired) electrons. The molecule has 0 unspecified atom stereocenters. The topological polar surface area (TPSA) is 59.9 Å². The third-order valence-electron chi connectivity index (χ3n) is 3.80. The Kier molecular flexibility index (Phi) is 3.20. The molecule has 1 N–H and O–H groups in total. The van der Waals surface area contributed by atoms with E-state index in [9.17, 15) is 4.79 Å². The van der Waals surface area contributed by atoms with Gasteiger partial charge in [-0.1, -0.05) is 15.9 Å². The molecule has 0 aliphatic carbocycles. The average Bonchev–Trinajstić information content (AvgIpc) is 2.92. The molecule has 23 heavy (non-hydrogen) atoms. The number of hydrogen-bond donors (Lipinski definition) is 1. The second-order valence-corrected chi connectivity index (χ2v) is 6.07. The fraction of sp³-hybridized carbons (Fsp3) is 0.0588. The zero-order valence-corrected chi connectivity index (χ0v) is 13.8. The Balaban J connectivity index is 1.97. The van der Waals surface area contributed by atoms with Crippen molar-refractivity contribution in [3.05, 3.63) is 63.5 Å². The number of pyridine rings is 1. The van der Waals surface area contributed by atoms with Gasteiger partial charge in [0.25, 0.3) is 5.56 Å². The van der Waals surface area contributed by atoms with Crippen LogP contribution in [0.3, 0.4) is 0 Å². The van der Waals surface area contributed by atoms with Crippen LogP contribution in [-0.4, -0.2) is 21.9 Å². The van der Waals surface area contributed by atoms with Gasteiger partial charge in [-0.15, -0.1) is 0 Å². The zero-order valence-electron chi connectivity index (χ0n) is 12.2. The lowest BCUT2D eigenvalue weighted by molar-refractivity contribution is 0.414. The molecule has 6 heteroatoms. The third-order valence-corrected chi connectivity index (χ3v) is 4.30. The van der Waals surface area contributed by atoms with E-state index in [0.717, 1.165) is 21.1 Å². The van der Waals surface area contributed by atoms with Gasteiger partial charge in [-0.3, -0.25) is 4.79 Å². The third kappa shape index (κ3) is 2.22. The number of hydrogen-bond acceptors (Lipinski definition) is 3. The van der Waals surface area contributed by atoms with Crippen molar-refractivity contribution >= 4 is 26.8 Å². The van der Waals surface area contributed by atoms with E-state index in [2.05, 4.69) is 26.0 Å². The van der Waals surface area contributed by atoms with Crippen LogP contribution in [0.2, 0.25) is 0 Å². The summed E-state index contributed by atoms with van der Waals surface area (Å²) in [7, 11) is 1.61. The van der Waals surface area contributed by atoms with Crippen molar-refractivity contribution < 1.29 is 4.74 Å². The summed E-state index contributed by atoms with van der Waals surface area (Å²) in [5.41, 5.74) is 2.73. The van der Waals surface area contributed by atoms with Gasteiger partial charge >= 0.3 is 0 Å². The van der Waals surface area contributed by atoms with E-state index in [-0.39, 0.29) is 5.56 Å². The van der Waals surface area contributed by atoms with Crippen LogP contribution in [0.1, 0.15) is 0 Å². The van der Waals surface area contributed by atoms with Gasteiger partial charge in [0, 0.05) is 21.6 Å². The first-order chi connectivity index (χ1) is 11.2. The molecule has 2 aromatic rings. The van der Waals surface area contributed by atoms with Crippen molar-refractivity contribution in [1.82, 2.24) is 14.8 Å². The summed E-state index contributed by atoms with van der Waals surface area (Å²) in [4.78, 5) is 15.8. The monoisotopic (exact) mass is 369 g/mol. The summed E-state index contributed by atoms with van der Waals surface area (Å²) in [5.74, 6) is 0.738. The number of aromatic nitrogens is 3. The Morgan fingerprint density at radius 1 is 1.17 bits per heavy atom. The van der Waals surface area contributed by atoms with Crippen LogP contribution in [0, 0.1) is 0 Å². The predicted octanol–water partition coefficient (Wildman–Crippen LogP) is 3.59. The number of ether oxygens (including phenoxy) is 1. The number of methoxy groups -OCH3 is 1. The van der Waals surface area contributed by atoms with E-state index in [1.807, 2.05) is 42.5 Å². The molecule has 2 heterocycles. The van der Waals surface area contributed by atoms with E-state index in [4.69, 9.17) is 4.74 Å². The van der Waals surface area contributed by atoms with Gasteiger partial charge < -0.3 is 9.72 Å². The van der Waals surface area contributed by atoms with Crippen LogP contribution in [-0.2, 0) is 0 Å². The first-order valence-corrected chi connectivity index (χ1v) is 7.81. The molecule has 0 aromatic heterocycles. The molecule has 2 aromatic carbocycles. The second-order valence-electron chi connectivity index (χ2n) is 5.16. The normalized spacial score (nSPS) is 11.2. The average molecular weight is 370 g/mol. The number of halogens is 1. The predicted molar refractivity (Wildman–Crippen MR) is 92.6 cm³/mol. The number of nitrogens with zero attached hydrogens (tertiary/aromatic N) is 2. The van der Waals surface area contributed by atoms with E-state index in [1.54, 1.807) is 13.3 Å². The molecule has 5 nitrogen and oxygen atoms in total. The summed E-state index contributed by atoms with van der Waals surface area (Å²) in [6.07, 6.45) is 1.71. The molecule has 2 aliphatic heterocycles. The highest BCUT2D eigenvalue weighted by Crippen LogP contribution is 2.28. The minimum atomic E-state index is -0.147. The summed E-state index contributed by atoms with van der Waals surface area (Å²) < 4.78 is 7.53. The lowest BCUT2D eigenvalue weighted by Crippen LogP contribution is -2.14. The fourth-order valence-corrected chi connectivity index (χ4v) is 3.00. The molecule has 0 bridgehead atoms. The van der Waals surface area contributed by atoms with Gasteiger partial charge in [0.05, 0.1) is 18.4 Å². The van der Waals surface area contributed by atoms with Crippen LogP contribution < -0.4 is 10.3 Å². The van der Waals surface area contributed by atoms with Crippen molar-refractivity contribution in [2.75, 3.05) is 7.11 Å². The van der Waals surface area contributed by atoms with Crippen molar-refractivity contribution in [1.29, 1.82) is 0 Å². The van der Waals surface area contributed by atoms with Crippen molar-refractivity contribution in [2.24, 2.45) is 0 Å². The number of nitrogens with one attached hydrogen (secondary N) is 1. The van der Waals surface area contributed by atoms with Crippen molar-refractivity contribution in [3.63, 3.8) is 0 Å². The van der Waals surface area contributed by atoms with Crippen LogP contribution in [0.4, 0.5) is 0 Å². The highest BCUT2D eigenvalue weighted by atomic mass is 79.9. The molecular weight excluding hydrogens is 358 g/mol. The number of benzene rings is 2. The lowest BCUT2D eigenvalue weighted by atomic mass is 10.1. The summed E-state index contributed by atoms with van der Waals surface area (Å²) in [5, 5.41) is 5.44. The van der Waals surface area contributed by atoms with Gasteiger partial charge in [-0.05, 0) is 42.5 Å². The van der Waals surface area contributed by atoms with Gasteiger partial charge in [-0.2, -0.15) is 9.78 Å². The largest absolute Gasteiger partial charge is 0.497 e. The van der Waals surface area contributed by atoms with Gasteiger partial charge in [-0.25, -0.2) is 0 Å². The minimum Gasteiger partial charge on any atom is -0.497 e. The van der Waals surface area contributed by atoms with Crippen LogP contribution in [0.25, 0.3) is 27.8 Å². The summed E-state index contributed by atoms with van der Waals surface area (Å²) >= 11 is 3.45. The number of H-pyrrole nitrogens is 1. The van der Waals surface area contributed by atoms with Gasteiger partial charge in [0.15, 0.2) is 0 Å². The number of aromatic amines is 1. The Bertz CT molecular complexity index is 1030. The van der Waals surface area contributed by atoms with E-state index < -0.39 is 0 Å². The minimum absolute atomic E-state index is 0.147. The highest BCUT2D eigenvalue weighted by Gasteiger charge is 2.18. The molecule has 114 valence electrons. The smallest absolute Gasteiger partial charge is 0.282 e. The molecule has 0 amide bonds. The lowest BCUT2D eigenvalue weighted by Gasteiger charge is -2.03. The zero-order chi connectivity index (χ0) is 16.0. The molecule has 4 rings (SSSR count). The maximum atomic E-state index is 12.6. The maximum Gasteiger partial charge on any atom is 0.282 e. The van der Waals surface area contributed by atoms with Gasteiger partial charge in [0.1, 0.15) is 11.4 Å². The Morgan fingerprint density at radius 2 is 1.96 bits per heavy atom. The van der Waals surface area contributed by atoms with Crippen LogP contribution in [0.15, 0.2) is 57.9 Å². The van der Waals surface area contributed by atoms with Crippen molar-refractivity contribution in [2.45, 2.75) is 0 Å². The standard InChI is InChI=1S/C17H12BrN3O2/c1-23-12-5-3-11(4-6-12)21-17(22)14-9-19-15-8-10(18)2-7-13(15)16(14)20-21/h2-9,19H,1H3. The SMILES string of the molecule is COc1ccc(-n2nc3c4ccc(Br)cc4[nH]cc-3c2=O)cc1. The van der Waals surface area contributed by atoms with Crippen molar-refractivity contribution in [3.8, 4) is 22.7 Å². The molecule has 0 fully saturated rings. The van der Waals surface area contributed by atoms with E-state index >= 15 is 0 Å². The first-order valence-electron chi connectivity index (χ1n) is 7.01.